The zero-order valence-corrected chi connectivity index (χ0v) is 14.0. The molecule has 1 N–H and O–H groups in total. The molecule has 1 aromatic carbocycles. The van der Waals surface area contributed by atoms with Crippen molar-refractivity contribution in [3.8, 4) is 17.1 Å². The Kier molecular flexibility index (Phi) is 5.12. The van der Waals surface area contributed by atoms with E-state index in [1.54, 1.807) is 23.3 Å². The number of ether oxygens (including phenoxy) is 1. The summed E-state index contributed by atoms with van der Waals surface area (Å²) < 4.78 is 7.59. The molecule has 0 atom stereocenters. The van der Waals surface area contributed by atoms with Gasteiger partial charge in [-0.15, -0.1) is 0 Å². The molecule has 0 aliphatic heterocycles. The van der Waals surface area contributed by atoms with Gasteiger partial charge in [0.05, 0.1) is 12.8 Å². The van der Waals surface area contributed by atoms with Crippen LogP contribution in [0.25, 0.3) is 11.4 Å². The smallest absolute Gasteiger partial charge is 0.216 e. The van der Waals surface area contributed by atoms with E-state index in [2.05, 4.69) is 27.2 Å². The van der Waals surface area contributed by atoms with Gasteiger partial charge in [-0.25, -0.2) is 5.10 Å². The summed E-state index contributed by atoms with van der Waals surface area (Å²) in [4.78, 5) is 4.01. The van der Waals surface area contributed by atoms with E-state index in [1.807, 2.05) is 36.4 Å². The Bertz CT molecular complexity index is 868. The molecule has 0 aliphatic carbocycles. The lowest BCUT2D eigenvalue weighted by Crippen LogP contribution is -1.96. The predicted molar refractivity (Wildman–Crippen MR) is 95.9 cm³/mol. The molecule has 3 rings (SSSR count). The Morgan fingerprint density at radius 3 is 2.67 bits per heavy atom. The van der Waals surface area contributed by atoms with Crippen LogP contribution in [-0.4, -0.2) is 32.7 Å². The second kappa shape index (κ2) is 7.65. The minimum absolute atomic E-state index is 0.431. The van der Waals surface area contributed by atoms with E-state index in [-0.39, 0.29) is 0 Å². The normalized spacial score (nSPS) is 11.0. The van der Waals surface area contributed by atoms with Gasteiger partial charge in [0.15, 0.2) is 5.82 Å². The third-order valence-electron chi connectivity index (χ3n) is 3.26. The molecule has 122 valence electrons. The Morgan fingerprint density at radius 2 is 1.96 bits per heavy atom. The van der Waals surface area contributed by atoms with Crippen molar-refractivity contribution in [3.63, 3.8) is 0 Å². The lowest BCUT2D eigenvalue weighted by molar-refractivity contribution is 0.317. The quantitative estimate of drug-likeness (QED) is 0.549. The summed E-state index contributed by atoms with van der Waals surface area (Å²) >= 11 is 5.25. The average molecular weight is 339 g/mol. The molecule has 0 fully saturated rings. The monoisotopic (exact) mass is 339 g/mol. The number of H-pyrrole nitrogens is 1. The maximum absolute atomic E-state index is 5.57. The largest absolute Gasteiger partial charge is 0.494 e. The van der Waals surface area contributed by atoms with Gasteiger partial charge < -0.3 is 4.74 Å². The molecule has 0 radical (unpaired) electrons. The first-order valence-corrected chi connectivity index (χ1v) is 8.04. The van der Waals surface area contributed by atoms with Gasteiger partial charge in [0, 0.05) is 18.0 Å². The van der Waals surface area contributed by atoms with Crippen LogP contribution in [0.1, 0.15) is 18.9 Å². The molecule has 6 nitrogen and oxygen atoms in total. The number of rotatable bonds is 6. The number of nitrogens with one attached hydrogen (secondary N) is 1. The molecule has 0 amide bonds. The van der Waals surface area contributed by atoms with Crippen LogP contribution in [0.2, 0.25) is 0 Å². The third-order valence-corrected chi connectivity index (χ3v) is 3.53. The fourth-order valence-electron chi connectivity index (χ4n) is 2.08. The number of hydrogen-bond acceptors (Lipinski definition) is 5. The molecule has 0 spiro atoms. The second-order valence-corrected chi connectivity index (χ2v) is 5.45. The molecular weight excluding hydrogens is 322 g/mol. The van der Waals surface area contributed by atoms with Crippen LogP contribution in [-0.2, 0) is 0 Å². The molecule has 24 heavy (non-hydrogen) atoms. The van der Waals surface area contributed by atoms with Crippen LogP contribution in [0.15, 0.2) is 53.9 Å². The molecule has 7 heteroatoms. The first kappa shape index (κ1) is 16.1. The highest BCUT2D eigenvalue weighted by atomic mass is 32.1. The van der Waals surface area contributed by atoms with Crippen LogP contribution in [0, 0.1) is 4.77 Å². The van der Waals surface area contributed by atoms with Gasteiger partial charge in [-0.1, -0.05) is 6.92 Å². The van der Waals surface area contributed by atoms with Crippen molar-refractivity contribution < 1.29 is 4.74 Å². The van der Waals surface area contributed by atoms with Crippen molar-refractivity contribution in [2.45, 2.75) is 13.3 Å². The number of pyridine rings is 1. The summed E-state index contributed by atoms with van der Waals surface area (Å²) in [6.07, 6.45) is 6.13. The van der Waals surface area contributed by atoms with Crippen molar-refractivity contribution in [3.05, 3.63) is 59.1 Å². The van der Waals surface area contributed by atoms with Gasteiger partial charge in [-0.3, -0.25) is 4.98 Å². The fraction of sp³-hybridized carbons (Fsp3) is 0.176. The first-order valence-electron chi connectivity index (χ1n) is 7.63. The van der Waals surface area contributed by atoms with Gasteiger partial charge in [0.1, 0.15) is 5.75 Å². The van der Waals surface area contributed by atoms with E-state index >= 15 is 0 Å². The van der Waals surface area contributed by atoms with Crippen molar-refractivity contribution in [1.29, 1.82) is 0 Å². The van der Waals surface area contributed by atoms with Crippen LogP contribution in [0.5, 0.6) is 5.75 Å². The molecule has 0 aliphatic rings. The summed E-state index contributed by atoms with van der Waals surface area (Å²) in [5.74, 6) is 1.49. The molecule has 2 heterocycles. The molecule has 0 unspecified atom stereocenters. The van der Waals surface area contributed by atoms with Crippen molar-refractivity contribution >= 4 is 18.4 Å². The van der Waals surface area contributed by atoms with E-state index in [0.717, 1.165) is 23.3 Å². The summed E-state index contributed by atoms with van der Waals surface area (Å²) in [5, 5.41) is 11.4. The lowest BCUT2D eigenvalue weighted by atomic mass is 10.2. The molecule has 0 bridgehead atoms. The number of benzene rings is 1. The highest BCUT2D eigenvalue weighted by Crippen LogP contribution is 2.16. The Morgan fingerprint density at radius 1 is 1.21 bits per heavy atom. The highest BCUT2D eigenvalue weighted by molar-refractivity contribution is 7.71. The topological polar surface area (TPSA) is 68.1 Å². The zero-order valence-electron chi connectivity index (χ0n) is 13.2. The highest BCUT2D eigenvalue weighted by Gasteiger charge is 2.07. The molecular formula is C17H17N5OS. The predicted octanol–water partition coefficient (Wildman–Crippen LogP) is 3.67. The zero-order chi connectivity index (χ0) is 16.8. The second-order valence-electron chi connectivity index (χ2n) is 5.06. The maximum atomic E-state index is 5.57. The van der Waals surface area contributed by atoms with Crippen molar-refractivity contribution in [1.82, 2.24) is 19.9 Å². The summed E-state index contributed by atoms with van der Waals surface area (Å²) in [6, 6.07) is 11.5. The van der Waals surface area contributed by atoms with Crippen LogP contribution >= 0.6 is 12.2 Å². The van der Waals surface area contributed by atoms with Gasteiger partial charge in [-0.05, 0) is 60.6 Å². The Hall–Kier alpha value is -2.80. The molecule has 3 aromatic rings. The van der Waals surface area contributed by atoms with Gasteiger partial charge >= 0.3 is 0 Å². The summed E-state index contributed by atoms with van der Waals surface area (Å²) in [5.41, 5.74) is 1.83. The SMILES string of the molecule is CCCOc1ccc(/C=N\n2c(-c3ccncc3)n[nH]c2=S)cc1. The fourth-order valence-corrected chi connectivity index (χ4v) is 2.26. The van der Waals surface area contributed by atoms with Crippen LogP contribution < -0.4 is 4.74 Å². The number of hydrogen-bond donors (Lipinski definition) is 1. The van der Waals surface area contributed by atoms with E-state index in [1.165, 1.54) is 0 Å². The summed E-state index contributed by atoms with van der Waals surface area (Å²) in [7, 11) is 0. The minimum Gasteiger partial charge on any atom is -0.494 e. The molecule has 0 saturated carbocycles. The van der Waals surface area contributed by atoms with Crippen LogP contribution in [0.3, 0.4) is 0 Å². The number of aromatic nitrogens is 4. The van der Waals surface area contributed by atoms with Crippen molar-refractivity contribution in [2.75, 3.05) is 6.61 Å². The first-order chi connectivity index (χ1) is 11.8. The number of nitrogens with zero attached hydrogens (tertiary/aromatic N) is 4. The third kappa shape index (κ3) is 3.75. The van der Waals surface area contributed by atoms with E-state index in [9.17, 15) is 0 Å². The Labute approximate surface area is 144 Å². The molecule has 0 saturated heterocycles. The van der Waals surface area contributed by atoms with Gasteiger partial charge in [0.25, 0.3) is 0 Å². The average Bonchev–Trinajstić information content (AvgIpc) is 3.00. The standard InChI is InChI=1S/C17H17N5OS/c1-2-11-23-15-5-3-13(4-6-15)12-19-22-16(20-21-17(22)24)14-7-9-18-10-8-14/h3-10,12H,2,11H2,1H3,(H,21,24)/b19-12-. The molecule has 2 aromatic heterocycles. The lowest BCUT2D eigenvalue weighted by Gasteiger charge is -2.04. The van der Waals surface area contributed by atoms with Gasteiger partial charge in [-0.2, -0.15) is 14.9 Å². The maximum Gasteiger partial charge on any atom is 0.216 e. The Balaban J connectivity index is 1.82. The minimum atomic E-state index is 0.431. The van der Waals surface area contributed by atoms with E-state index in [0.29, 0.717) is 17.2 Å². The summed E-state index contributed by atoms with van der Waals surface area (Å²) in [6.45, 7) is 2.79. The van der Waals surface area contributed by atoms with E-state index in [4.69, 9.17) is 17.0 Å². The van der Waals surface area contributed by atoms with Crippen LogP contribution in [0.4, 0.5) is 0 Å². The van der Waals surface area contributed by atoms with Gasteiger partial charge in [0.2, 0.25) is 4.77 Å². The number of aromatic amines is 1. The van der Waals surface area contributed by atoms with Crippen molar-refractivity contribution in [2.24, 2.45) is 5.10 Å². The van der Waals surface area contributed by atoms with E-state index < -0.39 is 0 Å².